The predicted octanol–water partition coefficient (Wildman–Crippen LogP) is 4.51. The van der Waals surface area contributed by atoms with Crippen molar-refractivity contribution < 1.29 is 13.2 Å². The van der Waals surface area contributed by atoms with E-state index >= 15 is 0 Å². The number of carbonyl (C=O) groups is 1. The van der Waals surface area contributed by atoms with Crippen molar-refractivity contribution in [2.45, 2.75) is 31.2 Å². The van der Waals surface area contributed by atoms with Crippen LogP contribution in [0.4, 0.5) is 5.69 Å². The zero-order valence-corrected chi connectivity index (χ0v) is 20.9. The van der Waals surface area contributed by atoms with E-state index in [9.17, 15) is 13.2 Å². The van der Waals surface area contributed by atoms with E-state index in [1.54, 1.807) is 6.07 Å². The van der Waals surface area contributed by atoms with Crippen molar-refractivity contribution >= 4 is 44.8 Å². The minimum absolute atomic E-state index is 0.00722. The molecule has 0 unspecified atom stereocenters. The highest BCUT2D eigenvalue weighted by molar-refractivity contribution is 7.89. The highest BCUT2D eigenvalue weighted by Gasteiger charge is 2.34. The second-order valence-electron chi connectivity index (χ2n) is 8.17. The first kappa shape index (κ1) is 24.8. The van der Waals surface area contributed by atoms with Crippen LogP contribution in [0.2, 0.25) is 10.0 Å². The smallest absolute Gasteiger partial charge is 0.244 e. The van der Waals surface area contributed by atoms with Gasteiger partial charge < -0.3 is 9.80 Å². The van der Waals surface area contributed by atoms with Gasteiger partial charge in [0.1, 0.15) is 4.90 Å². The number of sulfonamides is 1. The summed E-state index contributed by atoms with van der Waals surface area (Å²) in [6, 6.07) is 12.6. The van der Waals surface area contributed by atoms with E-state index in [-0.39, 0.29) is 34.8 Å². The zero-order valence-electron chi connectivity index (χ0n) is 18.6. The Morgan fingerprint density at radius 3 is 2.25 bits per heavy atom. The molecule has 0 spiro atoms. The largest absolute Gasteiger partial charge is 0.378 e. The van der Waals surface area contributed by atoms with Crippen LogP contribution in [0.15, 0.2) is 47.4 Å². The van der Waals surface area contributed by atoms with E-state index in [1.165, 1.54) is 16.4 Å². The number of hydrogen-bond donors (Lipinski definition) is 0. The summed E-state index contributed by atoms with van der Waals surface area (Å²) in [5, 5.41) is 0.459. The first-order chi connectivity index (χ1) is 15.1. The van der Waals surface area contributed by atoms with E-state index in [1.807, 2.05) is 55.1 Å². The van der Waals surface area contributed by atoms with Gasteiger partial charge in [0.15, 0.2) is 0 Å². The molecule has 9 heteroatoms. The van der Waals surface area contributed by atoms with Gasteiger partial charge in [-0.2, -0.15) is 4.31 Å². The zero-order chi connectivity index (χ0) is 23.5. The van der Waals surface area contributed by atoms with Crippen LogP contribution < -0.4 is 4.90 Å². The van der Waals surface area contributed by atoms with Gasteiger partial charge >= 0.3 is 0 Å². The molecule has 1 heterocycles. The van der Waals surface area contributed by atoms with Crippen LogP contribution in [0.25, 0.3) is 0 Å². The minimum atomic E-state index is -3.76. The summed E-state index contributed by atoms with van der Waals surface area (Å²) in [5.41, 5.74) is 2.18. The molecule has 1 amide bonds. The lowest BCUT2D eigenvalue weighted by Gasteiger charge is -2.33. The average molecular weight is 498 g/mol. The van der Waals surface area contributed by atoms with Crippen LogP contribution in [0.1, 0.15) is 25.3 Å². The first-order valence-electron chi connectivity index (χ1n) is 10.6. The van der Waals surface area contributed by atoms with E-state index in [4.69, 9.17) is 23.2 Å². The predicted molar refractivity (Wildman–Crippen MR) is 130 cm³/mol. The molecule has 2 aromatic carbocycles. The first-order valence-corrected chi connectivity index (χ1v) is 12.8. The Hall–Kier alpha value is -1.80. The molecule has 2 aromatic rings. The fraction of sp³-hybridized carbons (Fsp3) is 0.435. The SMILES string of the molecule is CCN(Cc1ccc(N(C)C)cc1)C(=O)C1CCN(S(=O)(=O)c2cc(Cl)ccc2Cl)CC1. The van der Waals surface area contributed by atoms with Crippen LogP contribution in [0.5, 0.6) is 0 Å². The number of piperidine rings is 1. The monoisotopic (exact) mass is 497 g/mol. The Balaban J connectivity index is 1.64. The van der Waals surface area contributed by atoms with Crippen molar-refractivity contribution in [1.29, 1.82) is 0 Å². The number of halogens is 2. The average Bonchev–Trinajstić information content (AvgIpc) is 2.79. The number of carbonyl (C=O) groups excluding carboxylic acids is 1. The van der Waals surface area contributed by atoms with Crippen LogP contribution >= 0.6 is 23.2 Å². The topological polar surface area (TPSA) is 60.9 Å². The highest BCUT2D eigenvalue weighted by atomic mass is 35.5. The van der Waals surface area contributed by atoms with Crippen LogP contribution in [-0.4, -0.2) is 57.3 Å². The molecule has 0 aromatic heterocycles. The summed E-state index contributed by atoms with van der Waals surface area (Å²) in [6.07, 6.45) is 0.957. The van der Waals surface area contributed by atoms with Gasteiger partial charge in [-0.25, -0.2) is 8.42 Å². The molecule has 0 aliphatic carbocycles. The summed E-state index contributed by atoms with van der Waals surface area (Å²) < 4.78 is 27.4. The van der Waals surface area contributed by atoms with Crippen molar-refractivity contribution in [2.24, 2.45) is 5.92 Å². The molecule has 0 N–H and O–H groups in total. The molecule has 6 nitrogen and oxygen atoms in total. The summed E-state index contributed by atoms with van der Waals surface area (Å²) in [5.74, 6) is -0.126. The van der Waals surface area contributed by atoms with E-state index in [0.717, 1.165) is 11.3 Å². The second-order valence-corrected chi connectivity index (χ2v) is 10.9. The van der Waals surface area contributed by atoms with Crippen LogP contribution in [0, 0.1) is 5.92 Å². The standard InChI is InChI=1S/C23H29Cl2N3O3S/c1-4-27(16-17-5-8-20(9-6-17)26(2)3)23(29)18-11-13-28(14-12-18)32(30,31)22-15-19(24)7-10-21(22)25/h5-10,15,18H,4,11-14,16H2,1-3H3. The summed E-state index contributed by atoms with van der Waals surface area (Å²) >= 11 is 12.1. The van der Waals surface area contributed by atoms with E-state index in [0.29, 0.717) is 31.0 Å². The van der Waals surface area contributed by atoms with Gasteiger partial charge in [-0.15, -0.1) is 0 Å². The third-order valence-corrected chi connectivity index (χ3v) is 8.45. The normalized spacial score (nSPS) is 15.5. The van der Waals surface area contributed by atoms with Gasteiger partial charge in [0, 0.05) is 56.9 Å². The number of anilines is 1. The quantitative estimate of drug-likeness (QED) is 0.564. The second kappa shape index (κ2) is 10.4. The number of nitrogens with zero attached hydrogens (tertiary/aromatic N) is 3. The molecule has 0 radical (unpaired) electrons. The number of amides is 1. The lowest BCUT2D eigenvalue weighted by Crippen LogP contribution is -2.44. The Morgan fingerprint density at radius 2 is 1.69 bits per heavy atom. The molecule has 0 saturated carbocycles. The van der Waals surface area contributed by atoms with Gasteiger partial charge in [-0.05, 0) is 55.7 Å². The van der Waals surface area contributed by atoms with Gasteiger partial charge in [-0.3, -0.25) is 4.79 Å². The molecular weight excluding hydrogens is 469 g/mol. The summed E-state index contributed by atoms with van der Waals surface area (Å²) in [7, 11) is 0.218. The van der Waals surface area contributed by atoms with E-state index in [2.05, 4.69) is 0 Å². The summed E-state index contributed by atoms with van der Waals surface area (Å²) in [4.78, 5) is 17.0. The molecule has 0 atom stereocenters. The van der Waals surface area contributed by atoms with Gasteiger partial charge in [0.2, 0.25) is 15.9 Å². The molecule has 1 aliphatic rings. The third kappa shape index (κ3) is 5.57. The Morgan fingerprint density at radius 1 is 1.06 bits per heavy atom. The van der Waals surface area contributed by atoms with Gasteiger partial charge in [-0.1, -0.05) is 35.3 Å². The van der Waals surface area contributed by atoms with Crippen LogP contribution in [-0.2, 0) is 21.4 Å². The highest BCUT2D eigenvalue weighted by Crippen LogP contribution is 2.31. The third-order valence-electron chi connectivity index (χ3n) is 5.83. The Labute approximate surface area is 200 Å². The van der Waals surface area contributed by atoms with Crippen molar-refractivity contribution in [3.05, 3.63) is 58.1 Å². The molecular formula is C23H29Cl2N3O3S. The molecule has 1 fully saturated rings. The molecule has 3 rings (SSSR count). The Kier molecular flexibility index (Phi) is 8.09. The van der Waals surface area contributed by atoms with Crippen molar-refractivity contribution in [3.63, 3.8) is 0 Å². The molecule has 32 heavy (non-hydrogen) atoms. The maximum atomic E-state index is 13.1. The minimum Gasteiger partial charge on any atom is -0.378 e. The maximum Gasteiger partial charge on any atom is 0.244 e. The fourth-order valence-electron chi connectivity index (χ4n) is 3.88. The number of benzene rings is 2. The molecule has 1 aliphatic heterocycles. The van der Waals surface area contributed by atoms with Crippen molar-refractivity contribution in [1.82, 2.24) is 9.21 Å². The van der Waals surface area contributed by atoms with Crippen molar-refractivity contribution in [3.8, 4) is 0 Å². The molecule has 0 bridgehead atoms. The lowest BCUT2D eigenvalue weighted by atomic mass is 9.96. The number of rotatable bonds is 7. The molecule has 1 saturated heterocycles. The lowest BCUT2D eigenvalue weighted by molar-refractivity contribution is -0.137. The van der Waals surface area contributed by atoms with Gasteiger partial charge in [0.25, 0.3) is 0 Å². The van der Waals surface area contributed by atoms with E-state index < -0.39 is 10.0 Å². The Bertz CT molecular complexity index is 1050. The van der Waals surface area contributed by atoms with Crippen LogP contribution in [0.3, 0.4) is 0 Å². The maximum absolute atomic E-state index is 13.1. The number of hydrogen-bond acceptors (Lipinski definition) is 4. The summed E-state index contributed by atoms with van der Waals surface area (Å²) in [6.45, 7) is 3.66. The fourth-order valence-corrected chi connectivity index (χ4v) is 6.09. The molecule has 174 valence electrons. The van der Waals surface area contributed by atoms with Gasteiger partial charge in [0.05, 0.1) is 5.02 Å². The van der Waals surface area contributed by atoms with Crippen molar-refractivity contribution in [2.75, 3.05) is 38.6 Å².